The van der Waals surface area contributed by atoms with Crippen LogP contribution in [0.4, 0.5) is 13.2 Å². The van der Waals surface area contributed by atoms with E-state index < -0.39 is 18.8 Å². The summed E-state index contributed by atoms with van der Waals surface area (Å²) in [7, 11) is 2.94. The predicted molar refractivity (Wildman–Crippen MR) is 66.5 cm³/mol. The van der Waals surface area contributed by atoms with Crippen LogP contribution < -0.4 is 20.7 Å². The minimum atomic E-state index is -4.38. The number of nitrogens with one attached hydrogen (secondary N) is 1. The first-order valence-corrected chi connectivity index (χ1v) is 5.73. The number of ether oxygens (including phenoxy) is 3. The number of alkyl halides is 3. The van der Waals surface area contributed by atoms with E-state index >= 15 is 0 Å². The molecule has 0 aliphatic carbocycles. The molecule has 3 N–H and O–H groups in total. The summed E-state index contributed by atoms with van der Waals surface area (Å²) < 4.78 is 51.0. The summed E-state index contributed by atoms with van der Waals surface area (Å²) in [5.74, 6) is 6.38. The Hall–Kier alpha value is -1.51. The molecular weight excluding hydrogens is 277 g/mol. The van der Waals surface area contributed by atoms with E-state index in [1.54, 1.807) is 18.2 Å². The smallest absolute Gasteiger partial charge is 0.411 e. The first kappa shape index (κ1) is 16.5. The van der Waals surface area contributed by atoms with E-state index in [1.807, 2.05) is 0 Å². The maximum absolute atomic E-state index is 12.1. The summed E-state index contributed by atoms with van der Waals surface area (Å²) >= 11 is 0. The van der Waals surface area contributed by atoms with Crippen LogP contribution in [-0.4, -0.2) is 33.6 Å². The molecular formula is C12H17F3N2O3. The molecule has 1 rings (SSSR count). The van der Waals surface area contributed by atoms with Crippen molar-refractivity contribution in [3.05, 3.63) is 23.8 Å². The highest BCUT2D eigenvalue weighted by atomic mass is 19.4. The predicted octanol–water partition coefficient (Wildman–Crippen LogP) is 1.79. The van der Waals surface area contributed by atoms with Crippen molar-refractivity contribution in [2.75, 3.05) is 27.4 Å². The molecule has 8 heteroatoms. The Balaban J connectivity index is 2.82. The van der Waals surface area contributed by atoms with Gasteiger partial charge in [0.2, 0.25) is 0 Å². The van der Waals surface area contributed by atoms with Gasteiger partial charge in [-0.3, -0.25) is 11.3 Å². The Morgan fingerprint density at radius 3 is 2.45 bits per heavy atom. The van der Waals surface area contributed by atoms with Crippen molar-refractivity contribution in [2.45, 2.75) is 12.2 Å². The third kappa shape index (κ3) is 4.87. The Morgan fingerprint density at radius 2 is 1.95 bits per heavy atom. The molecule has 0 heterocycles. The molecule has 114 valence electrons. The highest BCUT2D eigenvalue weighted by Crippen LogP contribution is 2.29. The number of methoxy groups -OCH3 is 2. The van der Waals surface area contributed by atoms with E-state index in [-0.39, 0.29) is 6.61 Å². The number of nitrogens with two attached hydrogens (primary N) is 1. The molecule has 0 bridgehead atoms. The highest BCUT2D eigenvalue weighted by Gasteiger charge is 2.28. The lowest BCUT2D eigenvalue weighted by molar-refractivity contribution is -0.175. The molecule has 20 heavy (non-hydrogen) atoms. The zero-order chi connectivity index (χ0) is 15.2. The van der Waals surface area contributed by atoms with E-state index in [0.29, 0.717) is 17.1 Å². The van der Waals surface area contributed by atoms with Crippen LogP contribution in [0.3, 0.4) is 0 Å². The SMILES string of the molecule is COc1ccc(OC)c(C(COCC(F)(F)F)NN)c1. The van der Waals surface area contributed by atoms with Crippen LogP contribution in [0.5, 0.6) is 11.5 Å². The molecule has 0 saturated carbocycles. The van der Waals surface area contributed by atoms with Gasteiger partial charge in [0.25, 0.3) is 0 Å². The van der Waals surface area contributed by atoms with Gasteiger partial charge in [-0.25, -0.2) is 0 Å². The van der Waals surface area contributed by atoms with Gasteiger partial charge in [-0.2, -0.15) is 13.2 Å². The maximum atomic E-state index is 12.1. The number of benzene rings is 1. The summed E-state index contributed by atoms with van der Waals surface area (Å²) in [5, 5.41) is 0. The lowest BCUT2D eigenvalue weighted by Crippen LogP contribution is -2.33. The average Bonchev–Trinajstić information content (AvgIpc) is 2.41. The van der Waals surface area contributed by atoms with Gasteiger partial charge in [0.1, 0.15) is 18.1 Å². The van der Waals surface area contributed by atoms with Crippen molar-refractivity contribution >= 4 is 0 Å². The van der Waals surface area contributed by atoms with Crippen molar-refractivity contribution in [3.8, 4) is 11.5 Å². The van der Waals surface area contributed by atoms with Crippen LogP contribution in [0.1, 0.15) is 11.6 Å². The van der Waals surface area contributed by atoms with Crippen LogP contribution in [-0.2, 0) is 4.74 Å². The summed E-state index contributed by atoms with van der Waals surface area (Å²) in [6.07, 6.45) is -4.38. The quantitative estimate of drug-likeness (QED) is 0.593. The Labute approximate surface area is 114 Å². The van der Waals surface area contributed by atoms with Crippen molar-refractivity contribution in [2.24, 2.45) is 5.84 Å². The van der Waals surface area contributed by atoms with Crippen LogP contribution >= 0.6 is 0 Å². The van der Waals surface area contributed by atoms with Crippen molar-refractivity contribution < 1.29 is 27.4 Å². The van der Waals surface area contributed by atoms with Crippen molar-refractivity contribution in [1.82, 2.24) is 5.43 Å². The number of halogens is 3. The molecule has 1 unspecified atom stereocenters. The molecule has 0 spiro atoms. The molecule has 0 amide bonds. The van der Waals surface area contributed by atoms with Gasteiger partial charge in [0.05, 0.1) is 26.9 Å². The van der Waals surface area contributed by atoms with Crippen molar-refractivity contribution in [3.63, 3.8) is 0 Å². The molecule has 1 aromatic carbocycles. The summed E-state index contributed by atoms with van der Waals surface area (Å²) in [6.45, 7) is -1.59. The van der Waals surface area contributed by atoms with Gasteiger partial charge >= 0.3 is 6.18 Å². The average molecular weight is 294 g/mol. The summed E-state index contributed by atoms with van der Waals surface area (Å²) in [5.41, 5.74) is 2.96. The molecule has 1 aromatic rings. The Morgan fingerprint density at radius 1 is 1.25 bits per heavy atom. The van der Waals surface area contributed by atoms with E-state index in [1.165, 1.54) is 14.2 Å². The lowest BCUT2D eigenvalue weighted by atomic mass is 10.1. The second kappa shape index (κ2) is 7.32. The van der Waals surface area contributed by atoms with E-state index in [9.17, 15) is 13.2 Å². The van der Waals surface area contributed by atoms with Gasteiger partial charge in [0.15, 0.2) is 0 Å². The zero-order valence-corrected chi connectivity index (χ0v) is 11.2. The van der Waals surface area contributed by atoms with E-state index in [4.69, 9.17) is 15.3 Å². The lowest BCUT2D eigenvalue weighted by Gasteiger charge is -2.20. The van der Waals surface area contributed by atoms with Crippen LogP contribution in [0.15, 0.2) is 18.2 Å². The molecule has 0 aliphatic rings. The molecule has 0 saturated heterocycles. The number of rotatable bonds is 7. The van der Waals surface area contributed by atoms with E-state index in [0.717, 1.165) is 0 Å². The second-order valence-electron chi connectivity index (χ2n) is 3.96. The third-order valence-corrected chi connectivity index (χ3v) is 2.56. The fourth-order valence-corrected chi connectivity index (χ4v) is 1.63. The van der Waals surface area contributed by atoms with Gasteiger partial charge in [-0.15, -0.1) is 0 Å². The topological polar surface area (TPSA) is 65.7 Å². The molecule has 0 aliphatic heterocycles. The fraction of sp³-hybridized carbons (Fsp3) is 0.500. The van der Waals surface area contributed by atoms with Gasteiger partial charge in [0, 0.05) is 5.56 Å². The number of hydrazine groups is 1. The number of hydrogen-bond donors (Lipinski definition) is 2. The highest BCUT2D eigenvalue weighted by molar-refractivity contribution is 5.42. The summed E-state index contributed by atoms with van der Waals surface area (Å²) in [6, 6.07) is 4.29. The minimum Gasteiger partial charge on any atom is -0.497 e. The van der Waals surface area contributed by atoms with E-state index in [2.05, 4.69) is 10.2 Å². The van der Waals surface area contributed by atoms with Gasteiger partial charge < -0.3 is 14.2 Å². The molecule has 1 atom stereocenters. The standard InChI is InChI=1S/C12H17F3N2O3/c1-18-8-3-4-11(19-2)9(5-8)10(17-16)6-20-7-12(13,14)15/h3-5,10,17H,6-7,16H2,1-2H3. The maximum Gasteiger partial charge on any atom is 0.411 e. The van der Waals surface area contributed by atoms with Crippen molar-refractivity contribution in [1.29, 1.82) is 0 Å². The first-order chi connectivity index (χ1) is 9.41. The Kier molecular flexibility index (Phi) is 6.05. The molecule has 0 fully saturated rings. The Bertz CT molecular complexity index is 427. The van der Waals surface area contributed by atoms with Gasteiger partial charge in [-0.1, -0.05) is 0 Å². The third-order valence-electron chi connectivity index (χ3n) is 2.56. The monoisotopic (exact) mass is 294 g/mol. The second-order valence-corrected chi connectivity index (χ2v) is 3.96. The zero-order valence-electron chi connectivity index (χ0n) is 11.2. The number of hydrogen-bond acceptors (Lipinski definition) is 5. The van der Waals surface area contributed by atoms with Crippen LogP contribution in [0.25, 0.3) is 0 Å². The van der Waals surface area contributed by atoms with Crippen LogP contribution in [0.2, 0.25) is 0 Å². The molecule has 5 nitrogen and oxygen atoms in total. The minimum absolute atomic E-state index is 0.250. The molecule has 0 aromatic heterocycles. The largest absolute Gasteiger partial charge is 0.497 e. The van der Waals surface area contributed by atoms with Crippen LogP contribution in [0, 0.1) is 0 Å². The normalized spacial score (nSPS) is 13.1. The first-order valence-electron chi connectivity index (χ1n) is 5.73. The molecule has 0 radical (unpaired) electrons. The van der Waals surface area contributed by atoms with Gasteiger partial charge in [-0.05, 0) is 18.2 Å². The summed E-state index contributed by atoms with van der Waals surface area (Å²) in [4.78, 5) is 0. The fourth-order valence-electron chi connectivity index (χ4n) is 1.63.